The Labute approximate surface area is 115 Å². The summed E-state index contributed by atoms with van der Waals surface area (Å²) in [5.74, 6) is -1.94. The number of halogens is 2. The van der Waals surface area contributed by atoms with E-state index in [9.17, 15) is 14.0 Å². The molecule has 1 aromatic rings. The van der Waals surface area contributed by atoms with E-state index >= 15 is 0 Å². The minimum absolute atomic E-state index is 0.0161. The summed E-state index contributed by atoms with van der Waals surface area (Å²) >= 11 is 5.61. The normalized spacial score (nSPS) is 11.2. The quantitative estimate of drug-likeness (QED) is 0.875. The van der Waals surface area contributed by atoms with Crippen LogP contribution in [0, 0.1) is 11.2 Å². The molecule has 1 amide bonds. The summed E-state index contributed by atoms with van der Waals surface area (Å²) in [5, 5.41) is 11.5. The van der Waals surface area contributed by atoms with Crippen LogP contribution in [0.25, 0.3) is 0 Å². The molecule has 0 bridgehead atoms. The van der Waals surface area contributed by atoms with Crippen molar-refractivity contribution in [3.63, 3.8) is 0 Å². The molecule has 0 fully saturated rings. The highest BCUT2D eigenvalue weighted by Crippen LogP contribution is 2.20. The fraction of sp³-hybridized carbons (Fsp3) is 0.385. The van der Waals surface area contributed by atoms with Crippen LogP contribution in [0.15, 0.2) is 18.2 Å². The Balaban J connectivity index is 2.55. The van der Waals surface area contributed by atoms with Crippen LogP contribution in [-0.2, 0) is 16.1 Å². The molecule has 0 aliphatic heterocycles. The number of carbonyl (C=O) groups is 2. The molecule has 0 heterocycles. The van der Waals surface area contributed by atoms with Crippen molar-refractivity contribution in [3.05, 3.63) is 34.6 Å². The number of carboxylic acids is 1. The zero-order valence-electron chi connectivity index (χ0n) is 10.7. The van der Waals surface area contributed by atoms with Gasteiger partial charge in [-0.3, -0.25) is 9.59 Å². The van der Waals surface area contributed by atoms with Crippen LogP contribution in [0.5, 0.6) is 0 Å². The number of rotatable bonds is 5. The van der Waals surface area contributed by atoms with Crippen LogP contribution in [0.2, 0.25) is 5.02 Å². The van der Waals surface area contributed by atoms with Gasteiger partial charge in [0.1, 0.15) is 5.82 Å². The standard InChI is InChI=1S/C13H15ClFNO3/c1-13(2,12(18)19)6-11(17)16-7-8-3-4-10(15)9(14)5-8/h3-5H,6-7H2,1-2H3,(H,16,17)(H,18,19). The van der Waals surface area contributed by atoms with Gasteiger partial charge in [-0.2, -0.15) is 0 Å². The lowest BCUT2D eigenvalue weighted by atomic mass is 9.89. The Morgan fingerprint density at radius 1 is 1.42 bits per heavy atom. The Morgan fingerprint density at radius 2 is 2.05 bits per heavy atom. The Bertz CT molecular complexity index is 503. The fourth-order valence-corrected chi connectivity index (χ4v) is 1.59. The van der Waals surface area contributed by atoms with Crippen LogP contribution >= 0.6 is 11.6 Å². The summed E-state index contributed by atoms with van der Waals surface area (Å²) in [4.78, 5) is 22.5. The average Bonchev–Trinajstić information content (AvgIpc) is 2.30. The van der Waals surface area contributed by atoms with E-state index in [0.29, 0.717) is 5.56 Å². The van der Waals surface area contributed by atoms with Crippen LogP contribution in [-0.4, -0.2) is 17.0 Å². The minimum atomic E-state index is -1.12. The van der Waals surface area contributed by atoms with Crippen molar-refractivity contribution < 1.29 is 19.1 Å². The first kappa shape index (κ1) is 15.4. The number of amides is 1. The van der Waals surface area contributed by atoms with Gasteiger partial charge in [-0.05, 0) is 31.5 Å². The molecule has 19 heavy (non-hydrogen) atoms. The van der Waals surface area contributed by atoms with Crippen molar-refractivity contribution in [2.75, 3.05) is 0 Å². The maximum Gasteiger partial charge on any atom is 0.309 e. The molecule has 0 spiro atoms. The fourth-order valence-electron chi connectivity index (χ4n) is 1.39. The summed E-state index contributed by atoms with van der Waals surface area (Å²) in [6.45, 7) is 3.13. The van der Waals surface area contributed by atoms with E-state index in [-0.39, 0.29) is 23.9 Å². The lowest BCUT2D eigenvalue weighted by molar-refractivity contribution is -0.149. The Hall–Kier alpha value is -1.62. The molecule has 0 saturated carbocycles. The lowest BCUT2D eigenvalue weighted by Crippen LogP contribution is -2.33. The minimum Gasteiger partial charge on any atom is -0.481 e. The Kier molecular flexibility index (Phi) is 4.89. The first-order valence-corrected chi connectivity index (χ1v) is 6.04. The molecule has 0 aliphatic carbocycles. The highest BCUT2D eigenvalue weighted by Gasteiger charge is 2.29. The lowest BCUT2D eigenvalue weighted by Gasteiger charge is -2.18. The second-order valence-corrected chi connectivity index (χ2v) is 5.30. The number of aliphatic carboxylic acids is 1. The van der Waals surface area contributed by atoms with Gasteiger partial charge in [-0.1, -0.05) is 17.7 Å². The van der Waals surface area contributed by atoms with Crippen molar-refractivity contribution >= 4 is 23.5 Å². The first-order chi connectivity index (χ1) is 8.72. The third-order valence-corrected chi connectivity index (χ3v) is 2.94. The number of carbonyl (C=O) groups excluding carboxylic acids is 1. The second-order valence-electron chi connectivity index (χ2n) is 4.89. The van der Waals surface area contributed by atoms with E-state index in [4.69, 9.17) is 16.7 Å². The molecule has 2 N–H and O–H groups in total. The predicted molar refractivity (Wildman–Crippen MR) is 69.3 cm³/mol. The number of hydrogen-bond donors (Lipinski definition) is 2. The van der Waals surface area contributed by atoms with Gasteiger partial charge >= 0.3 is 5.97 Å². The summed E-state index contributed by atoms with van der Waals surface area (Å²) in [7, 11) is 0. The summed E-state index contributed by atoms with van der Waals surface area (Å²) in [6, 6.07) is 4.13. The van der Waals surface area contributed by atoms with Gasteiger partial charge in [0.25, 0.3) is 0 Å². The molecule has 0 unspecified atom stereocenters. The van der Waals surface area contributed by atoms with E-state index < -0.39 is 17.2 Å². The molecule has 104 valence electrons. The van der Waals surface area contributed by atoms with E-state index in [2.05, 4.69) is 5.32 Å². The maximum absolute atomic E-state index is 12.9. The van der Waals surface area contributed by atoms with Gasteiger partial charge in [0.15, 0.2) is 0 Å². The smallest absolute Gasteiger partial charge is 0.309 e. The van der Waals surface area contributed by atoms with Gasteiger partial charge in [0, 0.05) is 13.0 Å². The van der Waals surface area contributed by atoms with Crippen molar-refractivity contribution in [2.24, 2.45) is 5.41 Å². The van der Waals surface area contributed by atoms with Gasteiger partial charge in [-0.25, -0.2) is 4.39 Å². The zero-order chi connectivity index (χ0) is 14.6. The molecule has 0 aromatic heterocycles. The van der Waals surface area contributed by atoms with Gasteiger partial charge < -0.3 is 10.4 Å². The van der Waals surface area contributed by atoms with Crippen LogP contribution in [0.4, 0.5) is 4.39 Å². The topological polar surface area (TPSA) is 66.4 Å². The monoisotopic (exact) mass is 287 g/mol. The molecule has 6 heteroatoms. The van der Waals surface area contributed by atoms with Gasteiger partial charge in [0.2, 0.25) is 5.91 Å². The van der Waals surface area contributed by atoms with Gasteiger partial charge in [-0.15, -0.1) is 0 Å². The van der Waals surface area contributed by atoms with Crippen molar-refractivity contribution in [1.82, 2.24) is 5.32 Å². The second kappa shape index (κ2) is 6.02. The summed E-state index contributed by atoms with van der Waals surface area (Å²) < 4.78 is 12.9. The number of hydrogen-bond acceptors (Lipinski definition) is 2. The average molecular weight is 288 g/mol. The summed E-state index contributed by atoms with van der Waals surface area (Å²) in [6.07, 6.45) is -0.128. The third kappa shape index (κ3) is 4.52. The molecule has 0 radical (unpaired) electrons. The molecule has 4 nitrogen and oxygen atoms in total. The number of benzene rings is 1. The molecule has 1 rings (SSSR count). The largest absolute Gasteiger partial charge is 0.481 e. The van der Waals surface area contributed by atoms with Crippen molar-refractivity contribution in [3.8, 4) is 0 Å². The van der Waals surface area contributed by atoms with Crippen molar-refractivity contribution in [1.29, 1.82) is 0 Å². The third-order valence-electron chi connectivity index (χ3n) is 2.66. The van der Waals surface area contributed by atoms with Gasteiger partial charge in [0.05, 0.1) is 10.4 Å². The van der Waals surface area contributed by atoms with Crippen LogP contribution in [0.1, 0.15) is 25.8 Å². The van der Waals surface area contributed by atoms with E-state index in [0.717, 1.165) is 0 Å². The maximum atomic E-state index is 12.9. The molecule has 0 aliphatic rings. The number of nitrogens with one attached hydrogen (secondary N) is 1. The molecular formula is C13H15ClFNO3. The SMILES string of the molecule is CC(C)(CC(=O)NCc1ccc(F)c(Cl)c1)C(=O)O. The molecule has 1 aromatic carbocycles. The van der Waals surface area contributed by atoms with E-state index in [1.54, 1.807) is 0 Å². The first-order valence-electron chi connectivity index (χ1n) is 5.66. The predicted octanol–water partition coefficient (Wildman–Crippen LogP) is 2.60. The van der Waals surface area contributed by atoms with E-state index in [1.165, 1.54) is 32.0 Å². The highest BCUT2D eigenvalue weighted by atomic mass is 35.5. The Morgan fingerprint density at radius 3 is 2.58 bits per heavy atom. The highest BCUT2D eigenvalue weighted by molar-refractivity contribution is 6.30. The molecule has 0 atom stereocenters. The van der Waals surface area contributed by atoms with Crippen molar-refractivity contribution in [2.45, 2.75) is 26.8 Å². The van der Waals surface area contributed by atoms with Crippen LogP contribution in [0.3, 0.4) is 0 Å². The molecular weight excluding hydrogens is 273 g/mol. The summed E-state index contributed by atoms with van der Waals surface area (Å²) in [5.41, 5.74) is -0.474. The molecule has 0 saturated heterocycles. The zero-order valence-corrected chi connectivity index (χ0v) is 11.4. The van der Waals surface area contributed by atoms with Crippen LogP contribution < -0.4 is 5.32 Å². The number of carboxylic acid groups (broad SMARTS) is 1. The van der Waals surface area contributed by atoms with E-state index in [1.807, 2.05) is 0 Å².